The van der Waals surface area contributed by atoms with Crippen LogP contribution in [0.25, 0.3) is 10.9 Å². The van der Waals surface area contributed by atoms with Crippen molar-refractivity contribution in [1.29, 1.82) is 0 Å². The predicted octanol–water partition coefficient (Wildman–Crippen LogP) is 2.64. The van der Waals surface area contributed by atoms with Crippen LogP contribution in [0.1, 0.15) is 5.69 Å². The number of para-hydroxylation sites is 1. The van der Waals surface area contributed by atoms with E-state index in [2.05, 4.69) is 16.0 Å². The number of fused-ring (bicyclic) bond motifs is 1. The molecular weight excluding hydrogens is 302 g/mol. The topological polar surface area (TPSA) is 58.2 Å². The highest BCUT2D eigenvalue weighted by Crippen LogP contribution is 2.23. The molecule has 0 spiro atoms. The molecule has 1 aliphatic heterocycles. The van der Waals surface area contributed by atoms with Gasteiger partial charge in [-0.15, -0.1) is 0 Å². The van der Waals surface area contributed by atoms with E-state index in [1.807, 2.05) is 53.7 Å². The summed E-state index contributed by atoms with van der Waals surface area (Å²) < 4.78 is 5.52. The molecule has 5 nitrogen and oxygen atoms in total. The van der Waals surface area contributed by atoms with Crippen molar-refractivity contribution in [2.75, 3.05) is 19.7 Å². The maximum absolute atomic E-state index is 12.1. The normalized spacial score (nSPS) is 14.6. The van der Waals surface area contributed by atoms with E-state index >= 15 is 0 Å². The third-order valence-electron chi connectivity index (χ3n) is 4.45. The van der Waals surface area contributed by atoms with Crippen LogP contribution in [0.5, 0.6) is 5.75 Å². The Bertz CT molecular complexity index is 838. The molecule has 24 heavy (non-hydrogen) atoms. The number of rotatable bonds is 5. The summed E-state index contributed by atoms with van der Waals surface area (Å²) in [5, 5.41) is 1.18. The zero-order valence-corrected chi connectivity index (χ0v) is 13.3. The number of aromatic amines is 1. The highest BCUT2D eigenvalue weighted by molar-refractivity contribution is 5.81. The number of pyridine rings is 1. The Labute approximate surface area is 140 Å². The van der Waals surface area contributed by atoms with Crippen molar-refractivity contribution >= 4 is 16.8 Å². The minimum atomic E-state index is 0.0427. The van der Waals surface area contributed by atoms with E-state index in [-0.39, 0.29) is 12.5 Å². The molecule has 4 rings (SSSR count). The van der Waals surface area contributed by atoms with Crippen LogP contribution in [-0.4, -0.2) is 40.5 Å². The summed E-state index contributed by atoms with van der Waals surface area (Å²) >= 11 is 0. The summed E-state index contributed by atoms with van der Waals surface area (Å²) in [7, 11) is 0. The number of hydrogen-bond donors (Lipinski definition) is 1. The molecule has 3 heterocycles. The third kappa shape index (κ3) is 2.97. The average Bonchev–Trinajstić information content (AvgIpc) is 3.06. The third-order valence-corrected chi connectivity index (χ3v) is 4.45. The molecular formula is C19H19N3O2. The SMILES string of the molecule is O=C(COc1ccccc1)N1CC(Cc2nccc3cc[nH]c23)C1. The Balaban J connectivity index is 1.28. The molecule has 0 atom stereocenters. The van der Waals surface area contributed by atoms with Crippen molar-refractivity contribution in [2.24, 2.45) is 5.92 Å². The first kappa shape index (κ1) is 14.8. The van der Waals surface area contributed by atoms with Crippen molar-refractivity contribution in [3.63, 3.8) is 0 Å². The van der Waals surface area contributed by atoms with Crippen LogP contribution < -0.4 is 4.74 Å². The number of nitrogens with one attached hydrogen (secondary N) is 1. The van der Waals surface area contributed by atoms with Crippen LogP contribution >= 0.6 is 0 Å². The molecule has 0 aliphatic carbocycles. The molecule has 0 saturated carbocycles. The van der Waals surface area contributed by atoms with E-state index in [4.69, 9.17) is 4.74 Å². The Hall–Kier alpha value is -2.82. The summed E-state index contributed by atoms with van der Waals surface area (Å²) in [6.45, 7) is 1.65. The Morgan fingerprint density at radius 1 is 1.21 bits per heavy atom. The predicted molar refractivity (Wildman–Crippen MR) is 91.8 cm³/mol. The van der Waals surface area contributed by atoms with Gasteiger partial charge >= 0.3 is 0 Å². The highest BCUT2D eigenvalue weighted by Gasteiger charge is 2.31. The number of ether oxygens (including phenoxy) is 1. The van der Waals surface area contributed by atoms with Gasteiger partial charge in [-0.2, -0.15) is 0 Å². The van der Waals surface area contributed by atoms with Crippen LogP contribution in [0, 0.1) is 5.92 Å². The van der Waals surface area contributed by atoms with E-state index in [0.29, 0.717) is 5.92 Å². The lowest BCUT2D eigenvalue weighted by atomic mass is 9.94. The molecule has 5 heteroatoms. The quantitative estimate of drug-likeness (QED) is 0.786. The monoisotopic (exact) mass is 321 g/mol. The maximum Gasteiger partial charge on any atom is 0.260 e. The second-order valence-electron chi connectivity index (χ2n) is 6.17. The first-order valence-corrected chi connectivity index (χ1v) is 8.16. The summed E-state index contributed by atoms with van der Waals surface area (Å²) in [6.07, 6.45) is 4.68. The number of benzene rings is 1. The summed E-state index contributed by atoms with van der Waals surface area (Å²) in [5.74, 6) is 1.23. The largest absolute Gasteiger partial charge is 0.484 e. The van der Waals surface area contributed by atoms with Gasteiger partial charge in [0.2, 0.25) is 0 Å². The molecule has 1 N–H and O–H groups in total. The number of carbonyl (C=O) groups excluding carboxylic acids is 1. The van der Waals surface area contributed by atoms with E-state index in [1.165, 1.54) is 5.39 Å². The van der Waals surface area contributed by atoms with Gasteiger partial charge in [0.15, 0.2) is 6.61 Å². The lowest BCUT2D eigenvalue weighted by Crippen LogP contribution is -2.52. The van der Waals surface area contributed by atoms with E-state index in [9.17, 15) is 4.79 Å². The number of aromatic nitrogens is 2. The van der Waals surface area contributed by atoms with Gasteiger partial charge < -0.3 is 14.6 Å². The van der Waals surface area contributed by atoms with Gasteiger partial charge in [-0.3, -0.25) is 9.78 Å². The van der Waals surface area contributed by atoms with Crippen molar-refractivity contribution in [1.82, 2.24) is 14.9 Å². The van der Waals surface area contributed by atoms with Crippen LogP contribution in [0.15, 0.2) is 54.9 Å². The average molecular weight is 321 g/mol. The lowest BCUT2D eigenvalue weighted by Gasteiger charge is -2.39. The molecule has 2 aromatic heterocycles. The number of hydrogen-bond acceptors (Lipinski definition) is 3. The molecule has 0 radical (unpaired) electrons. The van der Waals surface area contributed by atoms with E-state index in [1.54, 1.807) is 0 Å². The molecule has 0 unspecified atom stereocenters. The highest BCUT2D eigenvalue weighted by atomic mass is 16.5. The summed E-state index contributed by atoms with van der Waals surface area (Å²) in [6, 6.07) is 13.5. The number of H-pyrrole nitrogens is 1. The van der Waals surface area contributed by atoms with Crippen molar-refractivity contribution in [3.05, 3.63) is 60.6 Å². The first-order chi connectivity index (χ1) is 11.8. The molecule has 1 saturated heterocycles. The van der Waals surface area contributed by atoms with Crippen LogP contribution in [0.2, 0.25) is 0 Å². The fraction of sp³-hybridized carbons (Fsp3) is 0.263. The Morgan fingerprint density at radius 2 is 2.04 bits per heavy atom. The number of amides is 1. The van der Waals surface area contributed by atoms with Gasteiger partial charge in [-0.25, -0.2) is 0 Å². The smallest absolute Gasteiger partial charge is 0.260 e. The lowest BCUT2D eigenvalue weighted by molar-refractivity contribution is -0.139. The second kappa shape index (κ2) is 6.35. The Morgan fingerprint density at radius 3 is 2.88 bits per heavy atom. The van der Waals surface area contributed by atoms with Gasteiger partial charge in [-0.1, -0.05) is 18.2 Å². The standard InChI is InChI=1S/C19H19N3O2/c23-18(13-24-16-4-2-1-3-5-16)22-11-14(12-22)10-17-19-15(6-8-20-17)7-9-21-19/h1-9,14,21H,10-13H2. The molecule has 3 aromatic rings. The first-order valence-electron chi connectivity index (χ1n) is 8.16. The van der Waals surface area contributed by atoms with E-state index < -0.39 is 0 Å². The van der Waals surface area contributed by atoms with Gasteiger partial charge in [0.05, 0.1) is 11.2 Å². The van der Waals surface area contributed by atoms with Crippen LogP contribution in [-0.2, 0) is 11.2 Å². The fourth-order valence-electron chi connectivity index (χ4n) is 3.13. The second-order valence-corrected chi connectivity index (χ2v) is 6.17. The van der Waals surface area contributed by atoms with Gasteiger partial charge in [0.25, 0.3) is 5.91 Å². The minimum absolute atomic E-state index is 0.0427. The van der Waals surface area contributed by atoms with Crippen molar-refractivity contribution in [3.8, 4) is 5.75 Å². The zero-order chi connectivity index (χ0) is 16.4. The fourth-order valence-corrected chi connectivity index (χ4v) is 3.13. The van der Waals surface area contributed by atoms with Crippen LogP contribution in [0.4, 0.5) is 0 Å². The number of nitrogens with zero attached hydrogens (tertiary/aromatic N) is 2. The van der Waals surface area contributed by atoms with Crippen molar-refractivity contribution in [2.45, 2.75) is 6.42 Å². The van der Waals surface area contributed by atoms with Crippen molar-refractivity contribution < 1.29 is 9.53 Å². The number of likely N-dealkylation sites (tertiary alicyclic amines) is 1. The molecule has 1 fully saturated rings. The molecule has 1 aromatic carbocycles. The van der Waals surface area contributed by atoms with Gasteiger partial charge in [0.1, 0.15) is 5.75 Å². The molecule has 122 valence electrons. The maximum atomic E-state index is 12.1. The summed E-state index contributed by atoms with van der Waals surface area (Å²) in [4.78, 5) is 21.7. The Kier molecular flexibility index (Phi) is 3.91. The molecule has 1 amide bonds. The summed E-state index contributed by atoms with van der Waals surface area (Å²) in [5.41, 5.74) is 2.19. The minimum Gasteiger partial charge on any atom is -0.484 e. The molecule has 0 bridgehead atoms. The van der Waals surface area contributed by atoms with Gasteiger partial charge in [-0.05, 0) is 36.6 Å². The van der Waals surface area contributed by atoms with Gasteiger partial charge in [0, 0.05) is 30.9 Å². The number of carbonyl (C=O) groups is 1. The molecule has 1 aliphatic rings. The van der Waals surface area contributed by atoms with Crippen LogP contribution in [0.3, 0.4) is 0 Å². The van der Waals surface area contributed by atoms with E-state index in [0.717, 1.165) is 36.5 Å². The zero-order valence-electron chi connectivity index (χ0n) is 13.3.